The highest BCUT2D eigenvalue weighted by Crippen LogP contribution is 2.21. The molecule has 4 atom stereocenters. The predicted molar refractivity (Wildman–Crippen MR) is 222 cm³/mol. The van der Waals surface area contributed by atoms with Crippen LogP contribution in [-0.2, 0) is 49.7 Å². The van der Waals surface area contributed by atoms with Gasteiger partial charge in [0.25, 0.3) is 5.91 Å². The number of carbonyl (C=O) groups is 5. The lowest BCUT2D eigenvalue weighted by Gasteiger charge is -2.27. The topological polar surface area (TPSA) is 175 Å². The van der Waals surface area contributed by atoms with Gasteiger partial charge in [-0.15, -0.1) is 11.3 Å². The first-order valence-electron chi connectivity index (χ1n) is 19.3. The van der Waals surface area contributed by atoms with Crippen LogP contribution in [0.4, 0.5) is 0 Å². The smallest absolute Gasteiger partial charge is 0.258 e. The lowest BCUT2D eigenvalue weighted by atomic mass is 9.99. The number of rotatable bonds is 11. The van der Waals surface area contributed by atoms with Crippen LogP contribution >= 0.6 is 11.3 Å². The Morgan fingerprint density at radius 3 is 1.98 bits per heavy atom. The third-order valence-corrected chi connectivity index (χ3v) is 10.6. The van der Waals surface area contributed by atoms with Crippen molar-refractivity contribution in [2.75, 3.05) is 19.8 Å². The summed E-state index contributed by atoms with van der Waals surface area (Å²) in [5.74, 6) is -2.46. The van der Waals surface area contributed by atoms with E-state index in [1.54, 1.807) is 24.3 Å². The summed E-state index contributed by atoms with van der Waals surface area (Å²) in [4.78, 5) is 70.4. The van der Waals surface area contributed by atoms with Crippen molar-refractivity contribution in [2.24, 2.45) is 0 Å². The molecule has 2 aliphatic heterocycles. The normalized spacial score (nSPS) is 19.3. The van der Waals surface area contributed by atoms with Gasteiger partial charge in [-0.3, -0.25) is 24.0 Å². The molecule has 5 aromatic rings. The summed E-state index contributed by atoms with van der Waals surface area (Å²) in [5.41, 5.74) is 4.38. The van der Waals surface area contributed by atoms with Crippen LogP contribution in [0.15, 0.2) is 127 Å². The van der Waals surface area contributed by atoms with E-state index in [4.69, 9.17) is 4.74 Å². The Kier molecular flexibility index (Phi) is 14.8. The Bertz CT molecular complexity index is 2110. The van der Waals surface area contributed by atoms with Crippen LogP contribution in [0.2, 0.25) is 0 Å². The van der Waals surface area contributed by atoms with Crippen molar-refractivity contribution in [1.29, 1.82) is 0 Å². The van der Waals surface area contributed by atoms with Gasteiger partial charge >= 0.3 is 0 Å². The second kappa shape index (κ2) is 20.7. The molecule has 6 N–H and O–H groups in total. The molecule has 0 radical (unpaired) electrons. The van der Waals surface area contributed by atoms with E-state index >= 15 is 0 Å². The molecule has 300 valence electrons. The number of carbonyl (C=O) groups excluding carboxylic acids is 5. The second-order valence-electron chi connectivity index (χ2n) is 14.0. The fraction of sp³-hybridized carbons (Fsp3) is 0.267. The van der Waals surface area contributed by atoms with Gasteiger partial charge in [0, 0.05) is 30.7 Å². The lowest BCUT2D eigenvalue weighted by Crippen LogP contribution is -2.59. The summed E-state index contributed by atoms with van der Waals surface area (Å²) in [7, 11) is 0. The minimum absolute atomic E-state index is 0.0185. The Hall–Kier alpha value is -6.31. The summed E-state index contributed by atoms with van der Waals surface area (Å²) in [6, 6.07) is 33.1. The molecule has 7 rings (SSSR count). The quantitative estimate of drug-likeness (QED) is 0.111. The average Bonchev–Trinajstić information content (AvgIpc) is 3.77. The highest BCUT2D eigenvalue weighted by atomic mass is 32.1. The van der Waals surface area contributed by atoms with Crippen LogP contribution < -0.4 is 31.3 Å². The van der Waals surface area contributed by atoms with Gasteiger partial charge in [0.2, 0.25) is 23.6 Å². The van der Waals surface area contributed by atoms with Gasteiger partial charge in [-0.05, 0) is 64.2 Å². The maximum atomic E-state index is 14.5. The Morgan fingerprint density at radius 1 is 0.672 bits per heavy atom. The number of thiophene rings is 1. The standard InChI is InChI=1S/C45H47N5O7S/c51-24-23-46-42(53)38-26-32-15-20-35(21-16-32)57-29-41(52)47-40(28-36-12-7-25-58-36)45(56)50-39(27-31-13-18-34(19-14-31)33-10-5-2-6-11-33)44(55)48-37(43(54)49-38)22-17-30-8-3-1-4-9-30/h1-16,18-21,25,37-40,51H,17,22-24,26-29H2,(H,46,53)(H,47,52)(H,48,55)(H,49,54)(H,50,56)/t37-,38+,39+,40-/m1/s1. The number of benzene rings is 4. The molecule has 0 fully saturated rings. The van der Waals surface area contributed by atoms with Gasteiger partial charge in [0.1, 0.15) is 29.9 Å². The van der Waals surface area contributed by atoms with Crippen LogP contribution in [0.3, 0.4) is 0 Å². The van der Waals surface area contributed by atoms with Crippen LogP contribution in [0, 0.1) is 0 Å². The molecule has 0 aliphatic carbocycles. The molecule has 2 bridgehead atoms. The zero-order chi connectivity index (χ0) is 40.7. The third-order valence-electron chi connectivity index (χ3n) is 9.75. The highest BCUT2D eigenvalue weighted by Gasteiger charge is 2.32. The van der Waals surface area contributed by atoms with E-state index in [1.807, 2.05) is 102 Å². The fourth-order valence-electron chi connectivity index (χ4n) is 6.64. The molecule has 58 heavy (non-hydrogen) atoms. The van der Waals surface area contributed by atoms with Crippen molar-refractivity contribution in [3.8, 4) is 16.9 Å². The van der Waals surface area contributed by atoms with Crippen LogP contribution in [0.1, 0.15) is 28.0 Å². The van der Waals surface area contributed by atoms with Gasteiger partial charge in [-0.25, -0.2) is 0 Å². The molecule has 0 unspecified atom stereocenters. The van der Waals surface area contributed by atoms with Crippen molar-refractivity contribution >= 4 is 40.9 Å². The van der Waals surface area contributed by atoms with E-state index in [0.29, 0.717) is 17.7 Å². The van der Waals surface area contributed by atoms with E-state index in [2.05, 4.69) is 26.6 Å². The molecule has 0 spiro atoms. The van der Waals surface area contributed by atoms with E-state index in [1.165, 1.54) is 11.3 Å². The van der Waals surface area contributed by atoms with Crippen LogP contribution in [0.5, 0.6) is 5.75 Å². The Balaban J connectivity index is 1.34. The van der Waals surface area contributed by atoms with Crippen molar-refractivity contribution in [2.45, 2.75) is 56.3 Å². The van der Waals surface area contributed by atoms with Gasteiger partial charge in [0.05, 0.1) is 6.61 Å². The minimum Gasteiger partial charge on any atom is -0.484 e. The lowest BCUT2D eigenvalue weighted by molar-refractivity contribution is -0.134. The average molecular weight is 802 g/mol. The number of nitrogens with one attached hydrogen (secondary N) is 5. The van der Waals surface area contributed by atoms with Crippen molar-refractivity contribution < 1.29 is 33.8 Å². The molecule has 3 heterocycles. The first kappa shape index (κ1) is 41.3. The minimum atomic E-state index is -1.16. The first-order valence-corrected chi connectivity index (χ1v) is 20.1. The molecule has 12 nitrogen and oxygen atoms in total. The zero-order valence-electron chi connectivity index (χ0n) is 31.9. The maximum absolute atomic E-state index is 14.5. The molecular formula is C45H47N5O7S. The molecule has 0 saturated heterocycles. The van der Waals surface area contributed by atoms with Crippen molar-refractivity contribution in [3.63, 3.8) is 0 Å². The predicted octanol–water partition coefficient (Wildman–Crippen LogP) is 3.52. The highest BCUT2D eigenvalue weighted by molar-refractivity contribution is 7.09. The Morgan fingerprint density at radius 2 is 1.31 bits per heavy atom. The third kappa shape index (κ3) is 12.1. The SMILES string of the molecule is O=C1COc2ccc(cc2)C[C@@H](C(=O)NCCO)NC(=O)[C@@H](CCc2ccccc2)NC(=O)[C@H](Cc2ccc(-c3ccccc3)cc2)NC(=O)[C@@H](Cc2cccs2)N1. The first-order chi connectivity index (χ1) is 28.2. The molecule has 4 aromatic carbocycles. The van der Waals surface area contributed by atoms with Crippen LogP contribution in [0.25, 0.3) is 11.1 Å². The largest absolute Gasteiger partial charge is 0.484 e. The monoisotopic (exact) mass is 801 g/mol. The molecule has 1 aromatic heterocycles. The molecule has 5 amide bonds. The number of hydrogen-bond acceptors (Lipinski definition) is 8. The van der Waals surface area contributed by atoms with Gasteiger partial charge < -0.3 is 36.4 Å². The number of aliphatic hydroxyl groups is 1. The summed E-state index contributed by atoms with van der Waals surface area (Å²) < 4.78 is 5.75. The number of fused-ring (bicyclic) bond motifs is 16. The number of hydrogen-bond donors (Lipinski definition) is 6. The number of aliphatic hydroxyl groups excluding tert-OH is 1. The molecule has 0 saturated carbocycles. The number of aryl methyl sites for hydroxylation is 1. The Labute approximate surface area is 341 Å². The summed E-state index contributed by atoms with van der Waals surface area (Å²) in [5, 5.41) is 25.4. The van der Waals surface area contributed by atoms with Gasteiger partial charge in [-0.1, -0.05) is 103 Å². The van der Waals surface area contributed by atoms with Gasteiger partial charge in [-0.2, -0.15) is 0 Å². The van der Waals surface area contributed by atoms with E-state index in [9.17, 15) is 29.1 Å². The summed E-state index contributed by atoms with van der Waals surface area (Å²) in [6.07, 6.45) is 0.941. The summed E-state index contributed by atoms with van der Waals surface area (Å²) >= 11 is 1.44. The van der Waals surface area contributed by atoms with E-state index in [0.717, 1.165) is 27.1 Å². The van der Waals surface area contributed by atoms with Crippen molar-refractivity contribution in [3.05, 3.63) is 148 Å². The second-order valence-corrected chi connectivity index (χ2v) is 15.1. The van der Waals surface area contributed by atoms with Gasteiger partial charge in [0.15, 0.2) is 6.61 Å². The summed E-state index contributed by atoms with van der Waals surface area (Å²) in [6.45, 7) is -0.690. The zero-order valence-corrected chi connectivity index (χ0v) is 32.7. The molecule has 13 heteroatoms. The number of amides is 5. The van der Waals surface area contributed by atoms with Crippen molar-refractivity contribution in [1.82, 2.24) is 26.6 Å². The van der Waals surface area contributed by atoms with Crippen LogP contribution in [-0.4, -0.2) is 78.6 Å². The molecule has 2 aliphatic rings. The fourth-order valence-corrected chi connectivity index (χ4v) is 7.40. The van der Waals surface area contributed by atoms with E-state index in [-0.39, 0.29) is 45.4 Å². The maximum Gasteiger partial charge on any atom is 0.258 e. The number of ether oxygens (including phenoxy) is 1. The molecular weight excluding hydrogens is 755 g/mol. The van der Waals surface area contributed by atoms with E-state index < -0.39 is 53.7 Å².